The molecule has 0 unspecified atom stereocenters. The van der Waals surface area contributed by atoms with Gasteiger partial charge < -0.3 is 5.32 Å². The smallest absolute Gasteiger partial charge is 0.0621 e. The second-order valence-corrected chi connectivity index (χ2v) is 6.58. The van der Waals surface area contributed by atoms with Gasteiger partial charge in [0, 0.05) is 13.0 Å². The molecule has 0 heterocycles. The van der Waals surface area contributed by atoms with Gasteiger partial charge >= 0.3 is 0 Å². The molecule has 1 rings (SSSR count). The zero-order valence-electron chi connectivity index (χ0n) is 11.8. The first kappa shape index (κ1) is 14.5. The van der Waals surface area contributed by atoms with Crippen LogP contribution in [0.5, 0.6) is 0 Å². The molecule has 0 atom stereocenters. The van der Waals surface area contributed by atoms with Gasteiger partial charge in [0.1, 0.15) is 0 Å². The van der Waals surface area contributed by atoms with Gasteiger partial charge in [0.25, 0.3) is 0 Å². The first-order valence-corrected chi connectivity index (χ1v) is 7.11. The van der Waals surface area contributed by atoms with E-state index in [1.807, 2.05) is 0 Å². The van der Waals surface area contributed by atoms with Crippen molar-refractivity contribution >= 4 is 0 Å². The van der Waals surface area contributed by atoms with Gasteiger partial charge in [0.05, 0.1) is 6.07 Å². The van der Waals surface area contributed by atoms with Crippen molar-refractivity contribution in [3.63, 3.8) is 0 Å². The first-order chi connectivity index (χ1) is 8.03. The highest BCUT2D eigenvalue weighted by Crippen LogP contribution is 2.28. The van der Waals surface area contributed by atoms with Gasteiger partial charge in [-0.3, -0.25) is 0 Å². The van der Waals surface area contributed by atoms with Crippen molar-refractivity contribution in [3.05, 3.63) is 0 Å². The quantitative estimate of drug-likeness (QED) is 0.762. The van der Waals surface area contributed by atoms with E-state index >= 15 is 0 Å². The Labute approximate surface area is 107 Å². The van der Waals surface area contributed by atoms with Gasteiger partial charge in [-0.15, -0.1) is 0 Å². The highest BCUT2D eigenvalue weighted by Gasteiger charge is 2.20. The van der Waals surface area contributed by atoms with Crippen molar-refractivity contribution in [2.45, 2.75) is 59.3 Å². The lowest BCUT2D eigenvalue weighted by Gasteiger charge is -2.29. The number of nitrogens with zero attached hydrogens (tertiary/aromatic N) is 1. The molecule has 0 aliphatic heterocycles. The lowest BCUT2D eigenvalue weighted by molar-refractivity contribution is 0.258. The third-order valence-corrected chi connectivity index (χ3v) is 4.09. The van der Waals surface area contributed by atoms with Gasteiger partial charge in [-0.25, -0.2) is 0 Å². The fourth-order valence-corrected chi connectivity index (χ4v) is 2.63. The number of rotatable bonds is 6. The molecule has 0 aromatic heterocycles. The molecular weight excluding hydrogens is 208 g/mol. The van der Waals surface area contributed by atoms with Crippen molar-refractivity contribution < 1.29 is 0 Å². The summed E-state index contributed by atoms with van der Waals surface area (Å²) in [4.78, 5) is 0. The van der Waals surface area contributed by atoms with E-state index in [1.165, 1.54) is 32.2 Å². The van der Waals surface area contributed by atoms with E-state index in [2.05, 4.69) is 32.2 Å². The van der Waals surface area contributed by atoms with E-state index < -0.39 is 0 Å². The van der Waals surface area contributed by atoms with E-state index in [-0.39, 0.29) is 5.41 Å². The van der Waals surface area contributed by atoms with Crippen LogP contribution in [0.2, 0.25) is 0 Å². The Balaban J connectivity index is 2.12. The molecule has 17 heavy (non-hydrogen) atoms. The van der Waals surface area contributed by atoms with Crippen molar-refractivity contribution in [2.75, 3.05) is 13.1 Å². The highest BCUT2D eigenvalue weighted by molar-refractivity contribution is 4.80. The minimum absolute atomic E-state index is 0.262. The minimum atomic E-state index is 0.262. The van der Waals surface area contributed by atoms with Crippen LogP contribution in [0.1, 0.15) is 59.3 Å². The lowest BCUT2D eigenvalue weighted by Crippen LogP contribution is -2.33. The third-order valence-electron chi connectivity index (χ3n) is 4.09. The maximum Gasteiger partial charge on any atom is 0.0621 e. The average molecular weight is 236 g/mol. The Hall–Kier alpha value is -0.550. The molecule has 0 amide bonds. The first-order valence-electron chi connectivity index (χ1n) is 7.11. The third kappa shape index (κ3) is 6.07. The van der Waals surface area contributed by atoms with Crippen LogP contribution >= 0.6 is 0 Å². The molecule has 0 saturated heterocycles. The summed E-state index contributed by atoms with van der Waals surface area (Å²) in [5.74, 6) is 1.83. The van der Waals surface area contributed by atoms with Crippen LogP contribution in [0, 0.1) is 28.6 Å². The molecule has 98 valence electrons. The predicted octanol–water partition coefficient (Wildman–Crippen LogP) is 3.73. The Bertz CT molecular complexity index is 244. The van der Waals surface area contributed by atoms with Gasteiger partial charge in [0.2, 0.25) is 0 Å². The summed E-state index contributed by atoms with van der Waals surface area (Å²) in [6, 6.07) is 2.24. The molecule has 2 nitrogen and oxygen atoms in total. The average Bonchev–Trinajstić information content (AvgIpc) is 2.29. The van der Waals surface area contributed by atoms with E-state index in [4.69, 9.17) is 5.26 Å². The Kier molecular flexibility index (Phi) is 5.98. The zero-order chi connectivity index (χ0) is 12.7. The Morgan fingerprint density at radius 3 is 2.47 bits per heavy atom. The summed E-state index contributed by atoms with van der Waals surface area (Å²) >= 11 is 0. The van der Waals surface area contributed by atoms with Crippen molar-refractivity contribution in [1.82, 2.24) is 5.32 Å². The maximum absolute atomic E-state index is 8.61. The molecule has 1 aliphatic rings. The largest absolute Gasteiger partial charge is 0.316 e. The number of nitrogens with one attached hydrogen (secondary N) is 1. The number of hydrogen-bond acceptors (Lipinski definition) is 2. The predicted molar refractivity (Wildman–Crippen MR) is 72.6 cm³/mol. The monoisotopic (exact) mass is 236 g/mol. The molecular formula is C15H28N2. The van der Waals surface area contributed by atoms with Crippen molar-refractivity contribution in [1.29, 1.82) is 5.26 Å². The van der Waals surface area contributed by atoms with Crippen LogP contribution in [0.3, 0.4) is 0 Å². The molecule has 1 fully saturated rings. The standard InChI is InChI=1S/C15H28N2/c1-13-5-7-14(8-6-13)11-17-12-15(2,3)9-4-10-16/h13-14,17H,4-9,11-12H2,1-3H3. The molecule has 0 aromatic carbocycles. The van der Waals surface area contributed by atoms with Crippen LogP contribution in [0.25, 0.3) is 0 Å². The SMILES string of the molecule is CC1CCC(CNCC(C)(C)CCC#N)CC1. The molecule has 1 N–H and O–H groups in total. The summed E-state index contributed by atoms with van der Waals surface area (Å²) in [7, 11) is 0. The minimum Gasteiger partial charge on any atom is -0.316 e. The van der Waals surface area contributed by atoms with Crippen LogP contribution in [0.15, 0.2) is 0 Å². The molecule has 0 spiro atoms. The molecule has 0 radical (unpaired) electrons. The Morgan fingerprint density at radius 2 is 1.88 bits per heavy atom. The fraction of sp³-hybridized carbons (Fsp3) is 0.933. The second-order valence-electron chi connectivity index (χ2n) is 6.58. The summed E-state index contributed by atoms with van der Waals surface area (Å²) in [6.07, 6.45) is 7.28. The van der Waals surface area contributed by atoms with Gasteiger partial charge in [0.15, 0.2) is 0 Å². The van der Waals surface area contributed by atoms with Crippen LogP contribution in [-0.4, -0.2) is 13.1 Å². The molecule has 2 heteroatoms. The summed E-state index contributed by atoms with van der Waals surface area (Å²) in [6.45, 7) is 9.08. The van der Waals surface area contributed by atoms with E-state index in [9.17, 15) is 0 Å². The molecule has 1 aliphatic carbocycles. The maximum atomic E-state index is 8.61. The van der Waals surface area contributed by atoms with Crippen molar-refractivity contribution in [3.8, 4) is 6.07 Å². The van der Waals surface area contributed by atoms with Crippen LogP contribution in [-0.2, 0) is 0 Å². The van der Waals surface area contributed by atoms with Gasteiger partial charge in [-0.05, 0) is 43.1 Å². The zero-order valence-corrected chi connectivity index (χ0v) is 11.8. The van der Waals surface area contributed by atoms with Gasteiger partial charge in [-0.2, -0.15) is 5.26 Å². The topological polar surface area (TPSA) is 35.8 Å². The van der Waals surface area contributed by atoms with E-state index in [0.717, 1.165) is 24.8 Å². The highest BCUT2D eigenvalue weighted by atomic mass is 14.9. The summed E-state index contributed by atoms with van der Waals surface area (Å²) < 4.78 is 0. The molecule has 0 aromatic rings. The Morgan fingerprint density at radius 1 is 1.24 bits per heavy atom. The molecule has 1 saturated carbocycles. The second kappa shape index (κ2) is 7.01. The van der Waals surface area contributed by atoms with E-state index in [1.54, 1.807) is 0 Å². The van der Waals surface area contributed by atoms with E-state index in [0.29, 0.717) is 6.42 Å². The number of hydrogen-bond donors (Lipinski definition) is 1. The van der Waals surface area contributed by atoms with Crippen LogP contribution in [0.4, 0.5) is 0 Å². The van der Waals surface area contributed by atoms with Crippen LogP contribution < -0.4 is 5.32 Å². The van der Waals surface area contributed by atoms with Gasteiger partial charge in [-0.1, -0.05) is 33.6 Å². The normalized spacial score (nSPS) is 25.5. The summed E-state index contributed by atoms with van der Waals surface area (Å²) in [5, 5.41) is 12.2. The number of nitriles is 1. The van der Waals surface area contributed by atoms with Crippen molar-refractivity contribution in [2.24, 2.45) is 17.3 Å². The lowest BCUT2D eigenvalue weighted by atomic mass is 9.82. The fourth-order valence-electron chi connectivity index (χ4n) is 2.63. The summed E-state index contributed by atoms with van der Waals surface area (Å²) in [5.41, 5.74) is 0.262. The molecule has 0 bridgehead atoms.